The van der Waals surface area contributed by atoms with Gasteiger partial charge in [0.25, 0.3) is 0 Å². The van der Waals surface area contributed by atoms with Gasteiger partial charge in [-0.3, -0.25) is 0 Å². The van der Waals surface area contributed by atoms with Crippen molar-refractivity contribution in [3.63, 3.8) is 0 Å². The minimum atomic E-state index is 0. The first-order chi connectivity index (χ1) is 4.47. The van der Waals surface area contributed by atoms with Crippen molar-refractivity contribution in [2.45, 2.75) is 0 Å². The Balaban J connectivity index is 0.000000500. The summed E-state index contributed by atoms with van der Waals surface area (Å²) in [5, 5.41) is 0. The van der Waals surface area contributed by atoms with Crippen LogP contribution in [0.4, 0.5) is 0 Å². The molecule has 2 aromatic rings. The molecule has 0 unspecified atom stereocenters. The summed E-state index contributed by atoms with van der Waals surface area (Å²) in [5.74, 6) is 0. The van der Waals surface area contributed by atoms with E-state index in [2.05, 4.69) is 11.4 Å². The SMILES string of the molecule is [Cl-].[Mg+2].[c-]1nc2ccccc2o1. The smallest absolute Gasteiger partial charge is 1.00 e. The van der Waals surface area contributed by atoms with E-state index >= 15 is 0 Å². The third kappa shape index (κ3) is 2.09. The number of benzene rings is 1. The van der Waals surface area contributed by atoms with E-state index in [1.165, 1.54) is 0 Å². The molecule has 0 fully saturated rings. The van der Waals surface area contributed by atoms with Gasteiger partial charge in [-0.1, -0.05) is 18.2 Å². The van der Waals surface area contributed by atoms with Gasteiger partial charge >= 0.3 is 23.1 Å². The molecule has 0 bridgehead atoms. The molecule has 4 heteroatoms. The fourth-order valence-electron chi connectivity index (χ4n) is 0.757. The Morgan fingerprint density at radius 3 is 2.73 bits per heavy atom. The maximum atomic E-state index is 4.88. The summed E-state index contributed by atoms with van der Waals surface area (Å²) < 4.78 is 4.88. The van der Waals surface area contributed by atoms with E-state index in [0.29, 0.717) is 0 Å². The van der Waals surface area contributed by atoms with Crippen molar-refractivity contribution < 1.29 is 16.8 Å². The van der Waals surface area contributed by atoms with Crippen LogP contribution in [0.5, 0.6) is 0 Å². The molecule has 0 saturated carbocycles. The maximum Gasteiger partial charge on any atom is 2.00 e. The van der Waals surface area contributed by atoms with E-state index < -0.39 is 0 Å². The molecule has 0 radical (unpaired) electrons. The third-order valence-electron chi connectivity index (χ3n) is 1.19. The van der Waals surface area contributed by atoms with Crippen molar-refractivity contribution in [2.24, 2.45) is 0 Å². The molecule has 1 heterocycles. The molecule has 0 aliphatic heterocycles. The van der Waals surface area contributed by atoms with E-state index in [9.17, 15) is 0 Å². The number of rotatable bonds is 0. The number of nitrogens with zero attached hydrogens (tertiary/aromatic N) is 1. The zero-order chi connectivity index (χ0) is 6.10. The summed E-state index contributed by atoms with van der Waals surface area (Å²) in [6.07, 6.45) is 2.41. The third-order valence-corrected chi connectivity index (χ3v) is 1.19. The van der Waals surface area contributed by atoms with Gasteiger partial charge < -0.3 is 21.8 Å². The molecule has 2 rings (SSSR count). The molecule has 52 valence electrons. The van der Waals surface area contributed by atoms with E-state index in [0.717, 1.165) is 11.1 Å². The standard InChI is InChI=1S/C7H4NO.ClH.Mg/c1-2-4-7-6(3-1)8-5-9-7;;/h1-4H;1H;/q-1;;+2/p-1. The van der Waals surface area contributed by atoms with E-state index in [4.69, 9.17) is 4.42 Å². The fraction of sp³-hybridized carbons (Fsp3) is 0. The van der Waals surface area contributed by atoms with E-state index in [1.54, 1.807) is 0 Å². The Hall–Kier alpha value is -0.254. The Labute approximate surface area is 86.6 Å². The fourth-order valence-corrected chi connectivity index (χ4v) is 0.757. The number of halogens is 1. The Kier molecular flexibility index (Phi) is 4.48. The molecule has 11 heavy (non-hydrogen) atoms. The molecule has 1 aromatic heterocycles. The second-order valence-corrected chi connectivity index (χ2v) is 1.77. The number of aromatic nitrogens is 1. The summed E-state index contributed by atoms with van der Waals surface area (Å²) in [4.78, 5) is 3.83. The van der Waals surface area contributed by atoms with Crippen LogP contribution < -0.4 is 12.4 Å². The Morgan fingerprint density at radius 1 is 1.27 bits per heavy atom. The molecule has 0 N–H and O–H groups in total. The average molecular weight is 178 g/mol. The first-order valence-corrected chi connectivity index (χ1v) is 2.68. The second kappa shape index (κ2) is 4.59. The predicted molar refractivity (Wildman–Crippen MR) is 38.6 cm³/mol. The molecule has 0 spiro atoms. The summed E-state index contributed by atoms with van der Waals surface area (Å²) >= 11 is 0. The van der Waals surface area contributed by atoms with Gasteiger partial charge in [0.05, 0.1) is 0 Å². The van der Waals surface area contributed by atoms with Gasteiger partial charge in [-0.2, -0.15) is 0 Å². The summed E-state index contributed by atoms with van der Waals surface area (Å²) in [6, 6.07) is 7.56. The second-order valence-electron chi connectivity index (χ2n) is 1.77. The van der Waals surface area contributed by atoms with Gasteiger partial charge in [0.1, 0.15) is 6.39 Å². The summed E-state index contributed by atoms with van der Waals surface area (Å²) in [7, 11) is 0. The van der Waals surface area contributed by atoms with Crippen molar-refractivity contribution in [1.29, 1.82) is 0 Å². The minimum Gasteiger partial charge on any atom is -1.00 e. The van der Waals surface area contributed by atoms with Gasteiger partial charge in [-0.15, -0.1) is 6.07 Å². The molecule has 0 saturated heterocycles. The van der Waals surface area contributed by atoms with Crippen LogP contribution in [0.3, 0.4) is 0 Å². The van der Waals surface area contributed by atoms with Crippen molar-refractivity contribution in [2.75, 3.05) is 0 Å². The van der Waals surface area contributed by atoms with E-state index in [1.807, 2.05) is 24.3 Å². The van der Waals surface area contributed by atoms with Crippen LogP contribution in [0.15, 0.2) is 28.7 Å². The van der Waals surface area contributed by atoms with Crippen LogP contribution in [0.25, 0.3) is 11.1 Å². The van der Waals surface area contributed by atoms with Crippen LogP contribution in [-0.4, -0.2) is 28.0 Å². The number of fused-ring (bicyclic) bond motifs is 1. The molecule has 0 aliphatic rings. The van der Waals surface area contributed by atoms with Crippen molar-refractivity contribution in [1.82, 2.24) is 4.98 Å². The molecule has 2 nitrogen and oxygen atoms in total. The Morgan fingerprint density at radius 2 is 2.00 bits per heavy atom. The average Bonchev–Trinajstić information content (AvgIpc) is 2.33. The monoisotopic (exact) mass is 177 g/mol. The van der Waals surface area contributed by atoms with Crippen LogP contribution in [0, 0.1) is 6.39 Å². The number of hydrogen-bond acceptors (Lipinski definition) is 2. The van der Waals surface area contributed by atoms with Crippen LogP contribution in [-0.2, 0) is 0 Å². The quantitative estimate of drug-likeness (QED) is 0.353. The van der Waals surface area contributed by atoms with Crippen molar-refractivity contribution in [3.05, 3.63) is 30.7 Å². The van der Waals surface area contributed by atoms with Crippen LogP contribution in [0.1, 0.15) is 0 Å². The van der Waals surface area contributed by atoms with Crippen molar-refractivity contribution >= 4 is 34.2 Å². The molecule has 0 amide bonds. The van der Waals surface area contributed by atoms with E-state index in [-0.39, 0.29) is 35.5 Å². The van der Waals surface area contributed by atoms with Gasteiger partial charge in [0.2, 0.25) is 0 Å². The van der Waals surface area contributed by atoms with Crippen LogP contribution >= 0.6 is 0 Å². The van der Waals surface area contributed by atoms with Gasteiger partial charge in [-0.25, -0.2) is 0 Å². The first-order valence-electron chi connectivity index (χ1n) is 2.68. The number of oxazole rings is 1. The number of para-hydroxylation sites is 2. The zero-order valence-electron chi connectivity index (χ0n) is 5.75. The van der Waals surface area contributed by atoms with Gasteiger partial charge in [0.15, 0.2) is 0 Å². The van der Waals surface area contributed by atoms with Crippen LogP contribution in [0.2, 0.25) is 0 Å². The zero-order valence-corrected chi connectivity index (χ0v) is 7.92. The molecular weight excluding hydrogens is 174 g/mol. The topological polar surface area (TPSA) is 26.0 Å². The molecular formula is C7H4ClMgNO. The van der Waals surface area contributed by atoms with Gasteiger partial charge in [-0.05, 0) is 11.1 Å². The normalized spacial score (nSPS) is 8.36. The molecule has 1 aromatic carbocycles. The van der Waals surface area contributed by atoms with Gasteiger partial charge in [0, 0.05) is 0 Å². The number of hydrogen-bond donors (Lipinski definition) is 0. The summed E-state index contributed by atoms with van der Waals surface area (Å²) in [5.41, 5.74) is 1.65. The Bertz CT molecular complexity index is 292. The largest absolute Gasteiger partial charge is 2.00 e. The molecule has 0 aliphatic carbocycles. The summed E-state index contributed by atoms with van der Waals surface area (Å²) in [6.45, 7) is 0. The first kappa shape index (κ1) is 10.7. The minimum absolute atomic E-state index is 0. The molecule has 0 atom stereocenters. The maximum absolute atomic E-state index is 4.88. The predicted octanol–water partition coefficient (Wildman–Crippen LogP) is -1.75. The van der Waals surface area contributed by atoms with Crippen molar-refractivity contribution in [3.8, 4) is 0 Å².